The van der Waals surface area contributed by atoms with Crippen molar-refractivity contribution in [3.8, 4) is 5.75 Å². The topological polar surface area (TPSA) is 60.4 Å². The molecule has 1 aromatic rings. The Morgan fingerprint density at radius 3 is 2.75 bits per heavy atom. The van der Waals surface area contributed by atoms with E-state index in [1.165, 1.54) is 13.2 Å². The molecule has 0 fully saturated rings. The molecule has 0 aromatic heterocycles. The molecule has 0 atom stereocenters. The quantitative estimate of drug-likeness (QED) is 0.747. The SMILES string of the molecule is COc1ccc2c(c1)C(CC=O)=CS2(=O)=O. The van der Waals surface area contributed by atoms with Crippen molar-refractivity contribution in [1.82, 2.24) is 0 Å². The third-order valence-electron chi connectivity index (χ3n) is 2.44. The molecule has 1 aliphatic rings. The van der Waals surface area contributed by atoms with Crippen LogP contribution in [0.15, 0.2) is 28.5 Å². The summed E-state index contributed by atoms with van der Waals surface area (Å²) in [5.41, 5.74) is 1.08. The average molecular weight is 238 g/mol. The summed E-state index contributed by atoms with van der Waals surface area (Å²) in [6.45, 7) is 0. The number of methoxy groups -OCH3 is 1. The van der Waals surface area contributed by atoms with Crippen LogP contribution in [0.3, 0.4) is 0 Å². The summed E-state index contributed by atoms with van der Waals surface area (Å²) in [7, 11) is -1.87. The fourth-order valence-electron chi connectivity index (χ4n) is 1.70. The maximum absolute atomic E-state index is 11.7. The Morgan fingerprint density at radius 1 is 1.38 bits per heavy atom. The van der Waals surface area contributed by atoms with E-state index in [4.69, 9.17) is 4.74 Å². The van der Waals surface area contributed by atoms with Gasteiger partial charge in [0, 0.05) is 17.4 Å². The van der Waals surface area contributed by atoms with E-state index in [2.05, 4.69) is 0 Å². The zero-order chi connectivity index (χ0) is 11.8. The second kappa shape index (κ2) is 3.75. The van der Waals surface area contributed by atoms with Gasteiger partial charge in [-0.3, -0.25) is 0 Å². The molecule has 0 aliphatic carbocycles. The Labute approximate surface area is 93.5 Å². The summed E-state index contributed by atoms with van der Waals surface area (Å²) < 4.78 is 28.4. The molecule has 0 saturated carbocycles. The second-order valence-corrected chi connectivity index (χ2v) is 5.19. The van der Waals surface area contributed by atoms with Crippen molar-refractivity contribution < 1.29 is 17.9 Å². The normalized spacial score (nSPS) is 16.4. The first-order valence-electron chi connectivity index (χ1n) is 4.66. The van der Waals surface area contributed by atoms with Gasteiger partial charge in [0.1, 0.15) is 12.0 Å². The number of aldehydes is 1. The standard InChI is InChI=1S/C11H10O4S/c1-15-9-2-3-11-10(6-9)8(4-5-12)7-16(11,13)14/h2-3,5-7H,4H2,1H3. The molecule has 0 unspecified atom stereocenters. The van der Waals surface area contributed by atoms with Crippen LogP contribution in [0.2, 0.25) is 0 Å². The van der Waals surface area contributed by atoms with E-state index in [9.17, 15) is 13.2 Å². The van der Waals surface area contributed by atoms with Gasteiger partial charge < -0.3 is 9.53 Å². The first-order valence-corrected chi connectivity index (χ1v) is 6.21. The first-order chi connectivity index (χ1) is 7.58. The van der Waals surface area contributed by atoms with E-state index in [-0.39, 0.29) is 11.3 Å². The van der Waals surface area contributed by atoms with Gasteiger partial charge in [0.25, 0.3) is 0 Å². The number of carbonyl (C=O) groups is 1. The minimum absolute atomic E-state index is 0.0966. The van der Waals surface area contributed by atoms with Crippen LogP contribution in [-0.4, -0.2) is 21.8 Å². The Balaban J connectivity index is 2.63. The van der Waals surface area contributed by atoms with Crippen molar-refractivity contribution >= 4 is 21.7 Å². The number of benzene rings is 1. The third kappa shape index (κ3) is 1.63. The summed E-state index contributed by atoms with van der Waals surface area (Å²) in [5.74, 6) is 0.577. The van der Waals surface area contributed by atoms with Crippen LogP contribution in [0.4, 0.5) is 0 Å². The highest BCUT2D eigenvalue weighted by molar-refractivity contribution is 7.95. The summed E-state index contributed by atoms with van der Waals surface area (Å²) in [5, 5.41) is 1.14. The van der Waals surface area contributed by atoms with Crippen LogP contribution in [0.25, 0.3) is 5.57 Å². The monoisotopic (exact) mass is 238 g/mol. The largest absolute Gasteiger partial charge is 0.497 e. The molecule has 1 aliphatic heterocycles. The van der Waals surface area contributed by atoms with Gasteiger partial charge in [0.2, 0.25) is 9.84 Å². The molecule has 0 spiro atoms. The molecule has 16 heavy (non-hydrogen) atoms. The summed E-state index contributed by atoms with van der Waals surface area (Å²) in [6, 6.07) is 4.72. The number of carbonyl (C=O) groups excluding carboxylic acids is 1. The zero-order valence-corrected chi connectivity index (χ0v) is 9.45. The molecule has 4 nitrogen and oxygen atoms in total. The first kappa shape index (κ1) is 10.9. The maximum Gasteiger partial charge on any atom is 0.200 e. The van der Waals surface area contributed by atoms with E-state index in [1.54, 1.807) is 12.1 Å². The average Bonchev–Trinajstić information content (AvgIpc) is 2.51. The van der Waals surface area contributed by atoms with Crippen LogP contribution in [0.1, 0.15) is 12.0 Å². The maximum atomic E-state index is 11.7. The molecular weight excluding hydrogens is 228 g/mol. The minimum atomic E-state index is -3.38. The highest BCUT2D eigenvalue weighted by atomic mass is 32.2. The summed E-state index contributed by atoms with van der Waals surface area (Å²) >= 11 is 0. The lowest BCUT2D eigenvalue weighted by molar-refractivity contribution is -0.107. The molecule has 1 heterocycles. The van der Waals surface area contributed by atoms with Crippen molar-refractivity contribution in [3.63, 3.8) is 0 Å². The fourth-order valence-corrected chi connectivity index (χ4v) is 3.18. The molecule has 1 aromatic carbocycles. The smallest absolute Gasteiger partial charge is 0.200 e. The van der Waals surface area contributed by atoms with Crippen LogP contribution in [0.5, 0.6) is 5.75 Å². The van der Waals surface area contributed by atoms with Gasteiger partial charge in [-0.2, -0.15) is 0 Å². The van der Waals surface area contributed by atoms with Gasteiger partial charge in [-0.25, -0.2) is 8.42 Å². The van der Waals surface area contributed by atoms with Crippen LogP contribution < -0.4 is 4.74 Å². The van der Waals surface area contributed by atoms with Crippen LogP contribution >= 0.6 is 0 Å². The number of allylic oxidation sites excluding steroid dienone is 1. The Kier molecular flexibility index (Phi) is 2.55. The second-order valence-electron chi connectivity index (χ2n) is 3.42. The molecule has 0 N–H and O–H groups in total. The number of rotatable bonds is 3. The third-order valence-corrected chi connectivity index (χ3v) is 4.00. The van der Waals surface area contributed by atoms with Gasteiger partial charge in [-0.15, -0.1) is 0 Å². The van der Waals surface area contributed by atoms with Crippen LogP contribution in [0, 0.1) is 0 Å². The summed E-state index contributed by atoms with van der Waals surface area (Å²) in [4.78, 5) is 10.7. The molecule has 0 bridgehead atoms. The van der Waals surface area contributed by atoms with E-state index in [1.807, 2.05) is 0 Å². The summed E-state index contributed by atoms with van der Waals surface area (Å²) in [6.07, 6.45) is 0.787. The number of hydrogen-bond donors (Lipinski definition) is 0. The van der Waals surface area contributed by atoms with Gasteiger partial charge in [-0.05, 0) is 23.8 Å². The van der Waals surface area contributed by atoms with Crippen molar-refractivity contribution in [1.29, 1.82) is 0 Å². The minimum Gasteiger partial charge on any atom is -0.497 e. The molecule has 0 radical (unpaired) electrons. The number of hydrogen-bond acceptors (Lipinski definition) is 4. The van der Waals surface area contributed by atoms with Gasteiger partial charge in [0.15, 0.2) is 0 Å². The van der Waals surface area contributed by atoms with E-state index in [0.717, 1.165) is 5.41 Å². The van der Waals surface area contributed by atoms with E-state index in [0.29, 0.717) is 23.2 Å². The Bertz CT molecular complexity index is 570. The Hall–Kier alpha value is -1.62. The highest BCUT2D eigenvalue weighted by Gasteiger charge is 2.26. The lowest BCUT2D eigenvalue weighted by Crippen LogP contribution is -1.94. The lowest BCUT2D eigenvalue weighted by atomic mass is 10.1. The zero-order valence-electron chi connectivity index (χ0n) is 8.64. The molecular formula is C11H10O4S. The molecule has 84 valence electrons. The van der Waals surface area contributed by atoms with Crippen LogP contribution in [-0.2, 0) is 14.6 Å². The van der Waals surface area contributed by atoms with Crippen molar-refractivity contribution in [2.24, 2.45) is 0 Å². The van der Waals surface area contributed by atoms with E-state index < -0.39 is 9.84 Å². The number of fused-ring (bicyclic) bond motifs is 1. The number of ether oxygens (including phenoxy) is 1. The predicted molar refractivity (Wildman–Crippen MR) is 58.8 cm³/mol. The van der Waals surface area contributed by atoms with Crippen molar-refractivity contribution in [2.75, 3.05) is 7.11 Å². The highest BCUT2D eigenvalue weighted by Crippen LogP contribution is 2.36. The molecule has 0 saturated heterocycles. The predicted octanol–water partition coefficient (Wildman–Crippen LogP) is 1.41. The van der Waals surface area contributed by atoms with E-state index >= 15 is 0 Å². The van der Waals surface area contributed by atoms with Crippen molar-refractivity contribution in [3.05, 3.63) is 29.2 Å². The molecule has 2 rings (SSSR count). The molecule has 0 amide bonds. The van der Waals surface area contributed by atoms with Gasteiger partial charge >= 0.3 is 0 Å². The van der Waals surface area contributed by atoms with Gasteiger partial charge in [0.05, 0.1) is 12.0 Å². The fraction of sp³-hybridized carbons (Fsp3) is 0.182. The lowest BCUT2D eigenvalue weighted by Gasteiger charge is -2.04. The molecule has 5 heteroatoms. The van der Waals surface area contributed by atoms with Gasteiger partial charge in [-0.1, -0.05) is 0 Å². The number of sulfone groups is 1. The van der Waals surface area contributed by atoms with Crippen molar-refractivity contribution in [2.45, 2.75) is 11.3 Å². The Morgan fingerprint density at radius 2 is 2.12 bits per heavy atom.